The van der Waals surface area contributed by atoms with Gasteiger partial charge in [-0.05, 0) is 51.7 Å². The Morgan fingerprint density at radius 2 is 1.78 bits per heavy atom. The SMILES string of the molecule is COc1ccc(Cn2nnnc2[C@@H](c2cccs2)[NH+]2CCN(c3ccccc3)CC2)cc1. The number of nitrogens with zero attached hydrogens (tertiary/aromatic N) is 5. The van der Waals surface area contributed by atoms with Crippen LogP contribution in [0.3, 0.4) is 0 Å². The third kappa shape index (κ3) is 4.37. The van der Waals surface area contributed by atoms with Crippen LogP contribution in [0.1, 0.15) is 22.3 Å². The molecule has 1 aliphatic rings. The molecule has 0 spiro atoms. The minimum Gasteiger partial charge on any atom is -0.497 e. The second-order valence-electron chi connectivity index (χ2n) is 7.97. The molecule has 0 amide bonds. The molecular weight excluding hydrogens is 420 g/mol. The number of ether oxygens (including phenoxy) is 1. The summed E-state index contributed by atoms with van der Waals surface area (Å²) in [6.45, 7) is 4.74. The molecule has 1 N–H and O–H groups in total. The first-order chi connectivity index (χ1) is 15.8. The van der Waals surface area contributed by atoms with Crippen molar-refractivity contribution in [2.24, 2.45) is 0 Å². The Morgan fingerprint density at radius 1 is 1.00 bits per heavy atom. The van der Waals surface area contributed by atoms with E-state index >= 15 is 0 Å². The van der Waals surface area contributed by atoms with E-state index in [1.807, 2.05) is 16.8 Å². The summed E-state index contributed by atoms with van der Waals surface area (Å²) in [6.07, 6.45) is 0. The number of hydrogen-bond donors (Lipinski definition) is 1. The molecule has 7 nitrogen and oxygen atoms in total. The number of quaternary nitrogens is 1. The van der Waals surface area contributed by atoms with Gasteiger partial charge >= 0.3 is 0 Å². The van der Waals surface area contributed by atoms with Crippen LogP contribution in [0.5, 0.6) is 5.75 Å². The lowest BCUT2D eigenvalue weighted by Gasteiger charge is -2.36. The van der Waals surface area contributed by atoms with Crippen molar-refractivity contribution in [3.8, 4) is 5.75 Å². The van der Waals surface area contributed by atoms with Crippen LogP contribution in [0.4, 0.5) is 5.69 Å². The maximum atomic E-state index is 5.28. The minimum atomic E-state index is 0.126. The third-order valence-electron chi connectivity index (χ3n) is 6.07. The van der Waals surface area contributed by atoms with E-state index in [9.17, 15) is 0 Å². The molecule has 1 aliphatic heterocycles. The predicted molar refractivity (Wildman–Crippen MR) is 125 cm³/mol. The molecular formula is C24H27N6OS+. The van der Waals surface area contributed by atoms with Gasteiger partial charge in [-0.1, -0.05) is 36.4 Å². The van der Waals surface area contributed by atoms with Crippen molar-refractivity contribution in [1.29, 1.82) is 0 Å². The van der Waals surface area contributed by atoms with Gasteiger partial charge < -0.3 is 14.5 Å². The average molecular weight is 448 g/mol. The van der Waals surface area contributed by atoms with Gasteiger partial charge in [-0.3, -0.25) is 0 Å². The molecule has 1 saturated heterocycles. The van der Waals surface area contributed by atoms with Gasteiger partial charge in [0.15, 0.2) is 6.04 Å². The zero-order valence-corrected chi connectivity index (χ0v) is 18.9. The standard InChI is InChI=1S/C24H26N6OS/c1-31-21-11-9-19(10-12-21)18-30-24(25-26-27-30)23(22-8-5-17-32-22)29-15-13-28(14-16-29)20-6-3-2-4-7-20/h2-12,17,23H,13-16,18H2,1H3/p+1/t23-/m1/s1. The largest absolute Gasteiger partial charge is 0.497 e. The highest BCUT2D eigenvalue weighted by Gasteiger charge is 2.35. The lowest BCUT2D eigenvalue weighted by molar-refractivity contribution is -0.926. The van der Waals surface area contributed by atoms with Crippen LogP contribution in [-0.2, 0) is 6.54 Å². The molecule has 0 unspecified atom stereocenters. The highest BCUT2D eigenvalue weighted by Crippen LogP contribution is 2.23. The van der Waals surface area contributed by atoms with Crippen molar-refractivity contribution >= 4 is 17.0 Å². The van der Waals surface area contributed by atoms with Crippen molar-refractivity contribution in [3.63, 3.8) is 0 Å². The number of methoxy groups -OCH3 is 1. The quantitative estimate of drug-likeness (QED) is 0.471. The van der Waals surface area contributed by atoms with Crippen molar-refractivity contribution in [2.75, 3.05) is 38.2 Å². The molecule has 3 heterocycles. The van der Waals surface area contributed by atoms with Gasteiger partial charge in [0.05, 0.1) is 44.7 Å². The summed E-state index contributed by atoms with van der Waals surface area (Å²) in [6, 6.07) is 23.2. The Morgan fingerprint density at radius 3 is 2.47 bits per heavy atom. The molecule has 0 radical (unpaired) electrons. The van der Waals surface area contributed by atoms with Crippen LogP contribution in [0, 0.1) is 0 Å². The van der Waals surface area contributed by atoms with Crippen LogP contribution in [0.15, 0.2) is 72.1 Å². The molecule has 2 aromatic heterocycles. The van der Waals surface area contributed by atoms with E-state index in [0.29, 0.717) is 6.54 Å². The van der Waals surface area contributed by atoms with E-state index < -0.39 is 0 Å². The zero-order valence-electron chi connectivity index (χ0n) is 18.1. The number of para-hydroxylation sites is 1. The van der Waals surface area contributed by atoms with Gasteiger partial charge in [0.1, 0.15) is 5.75 Å². The number of anilines is 1. The first kappa shape index (κ1) is 20.7. The first-order valence-corrected chi connectivity index (χ1v) is 11.8. The maximum Gasteiger partial charge on any atom is 0.215 e. The summed E-state index contributed by atoms with van der Waals surface area (Å²) >= 11 is 1.78. The fourth-order valence-electron chi connectivity index (χ4n) is 4.38. The summed E-state index contributed by atoms with van der Waals surface area (Å²) in [5, 5.41) is 15.0. The number of piperazine rings is 1. The fraction of sp³-hybridized carbons (Fsp3) is 0.292. The van der Waals surface area contributed by atoms with Gasteiger partial charge in [-0.2, -0.15) is 0 Å². The van der Waals surface area contributed by atoms with Crippen molar-refractivity contribution < 1.29 is 9.64 Å². The van der Waals surface area contributed by atoms with Gasteiger partial charge in [-0.25, -0.2) is 4.68 Å². The van der Waals surface area contributed by atoms with Crippen LogP contribution in [-0.4, -0.2) is 53.5 Å². The van der Waals surface area contributed by atoms with E-state index in [4.69, 9.17) is 4.74 Å². The minimum absolute atomic E-state index is 0.126. The number of tetrazole rings is 1. The van der Waals surface area contributed by atoms with Gasteiger partial charge in [0, 0.05) is 5.69 Å². The number of nitrogens with one attached hydrogen (secondary N) is 1. The first-order valence-electron chi connectivity index (χ1n) is 10.9. The molecule has 0 saturated carbocycles. The Hall–Kier alpha value is -3.23. The lowest BCUT2D eigenvalue weighted by atomic mass is 10.1. The second-order valence-corrected chi connectivity index (χ2v) is 8.95. The van der Waals surface area contributed by atoms with Crippen molar-refractivity contribution in [1.82, 2.24) is 20.2 Å². The number of thiophene rings is 1. The Labute approximate surface area is 191 Å². The number of benzene rings is 2. The molecule has 2 aromatic carbocycles. The molecule has 0 bridgehead atoms. The molecule has 0 aliphatic carbocycles. The average Bonchev–Trinajstić information content (AvgIpc) is 3.54. The molecule has 164 valence electrons. The number of hydrogen-bond acceptors (Lipinski definition) is 6. The summed E-state index contributed by atoms with van der Waals surface area (Å²) in [5.74, 6) is 1.77. The summed E-state index contributed by atoms with van der Waals surface area (Å²) in [7, 11) is 1.68. The number of rotatable bonds is 7. The molecule has 1 atom stereocenters. The predicted octanol–water partition coefficient (Wildman–Crippen LogP) is 2.29. The lowest BCUT2D eigenvalue weighted by Crippen LogP contribution is -3.15. The monoisotopic (exact) mass is 447 g/mol. The third-order valence-corrected chi connectivity index (χ3v) is 7.01. The van der Waals surface area contributed by atoms with Crippen molar-refractivity contribution in [3.05, 3.63) is 88.4 Å². The van der Waals surface area contributed by atoms with E-state index in [1.54, 1.807) is 18.4 Å². The van der Waals surface area contributed by atoms with Gasteiger partial charge in [0.2, 0.25) is 5.82 Å². The van der Waals surface area contributed by atoms with Crippen LogP contribution >= 0.6 is 11.3 Å². The summed E-state index contributed by atoms with van der Waals surface area (Å²) in [4.78, 5) is 5.28. The maximum absolute atomic E-state index is 5.28. The smallest absolute Gasteiger partial charge is 0.215 e. The summed E-state index contributed by atoms with van der Waals surface area (Å²) in [5.41, 5.74) is 2.44. The second kappa shape index (κ2) is 9.50. The highest BCUT2D eigenvalue weighted by molar-refractivity contribution is 7.10. The van der Waals surface area contributed by atoms with E-state index in [2.05, 4.69) is 80.4 Å². The van der Waals surface area contributed by atoms with Crippen LogP contribution in [0.2, 0.25) is 0 Å². The van der Waals surface area contributed by atoms with Crippen LogP contribution < -0.4 is 14.5 Å². The molecule has 4 aromatic rings. The van der Waals surface area contributed by atoms with Gasteiger partial charge in [0.25, 0.3) is 0 Å². The van der Waals surface area contributed by atoms with E-state index in [0.717, 1.165) is 43.3 Å². The summed E-state index contributed by atoms with van der Waals surface area (Å²) < 4.78 is 7.23. The number of aromatic nitrogens is 4. The normalized spacial score (nSPS) is 15.6. The Bertz CT molecular complexity index is 1110. The van der Waals surface area contributed by atoms with Gasteiger partial charge in [-0.15, -0.1) is 16.4 Å². The molecule has 5 rings (SSSR count). The molecule has 1 fully saturated rings. The Kier molecular flexibility index (Phi) is 6.13. The van der Waals surface area contributed by atoms with E-state index in [1.165, 1.54) is 15.5 Å². The zero-order chi connectivity index (χ0) is 21.8. The topological polar surface area (TPSA) is 60.5 Å². The fourth-order valence-corrected chi connectivity index (χ4v) is 5.26. The highest BCUT2D eigenvalue weighted by atomic mass is 32.1. The molecule has 32 heavy (non-hydrogen) atoms. The Balaban J connectivity index is 1.37. The van der Waals surface area contributed by atoms with Crippen LogP contribution in [0.25, 0.3) is 0 Å². The molecule has 8 heteroatoms. The van der Waals surface area contributed by atoms with E-state index in [-0.39, 0.29) is 6.04 Å². The van der Waals surface area contributed by atoms with Crippen molar-refractivity contribution in [2.45, 2.75) is 12.6 Å².